The second-order valence-electron chi connectivity index (χ2n) is 4.48. The van der Waals surface area contributed by atoms with E-state index in [9.17, 15) is 4.21 Å². The normalized spacial score (nSPS) is 16.8. The molecule has 0 aliphatic carbocycles. The van der Waals surface area contributed by atoms with E-state index in [2.05, 4.69) is 13.0 Å². The number of aryl methyl sites for hydroxylation is 1. The highest BCUT2D eigenvalue weighted by Crippen LogP contribution is 2.14. The molecule has 16 heavy (non-hydrogen) atoms. The molecule has 0 saturated carbocycles. The van der Waals surface area contributed by atoms with Crippen LogP contribution >= 0.6 is 0 Å². The molecule has 1 aromatic rings. The van der Waals surface area contributed by atoms with Crippen LogP contribution in [0, 0.1) is 6.92 Å². The smallest absolute Gasteiger partial charge is 0.0490 e. The Labute approximate surface area is 101 Å². The lowest BCUT2D eigenvalue weighted by molar-refractivity contribution is 0.628. The highest BCUT2D eigenvalue weighted by molar-refractivity contribution is 7.84. The summed E-state index contributed by atoms with van der Waals surface area (Å²) in [4.78, 5) is 0. The van der Waals surface area contributed by atoms with Gasteiger partial charge in [0.1, 0.15) is 0 Å². The van der Waals surface area contributed by atoms with Gasteiger partial charge in [0.25, 0.3) is 0 Å². The fourth-order valence-corrected chi connectivity index (χ4v) is 3.13. The average Bonchev–Trinajstić information content (AvgIpc) is 2.20. The lowest BCUT2D eigenvalue weighted by Gasteiger charge is -2.14. The third-order valence-electron chi connectivity index (χ3n) is 2.71. The second-order valence-corrected chi connectivity index (χ2v) is 6.33. The first-order chi connectivity index (χ1) is 7.50. The van der Waals surface area contributed by atoms with Gasteiger partial charge in [-0.15, -0.1) is 0 Å². The number of hydrogen-bond donors (Lipinski definition) is 1. The molecule has 0 fully saturated rings. The highest BCUT2D eigenvalue weighted by Gasteiger charge is 2.14. The molecule has 0 spiro atoms. The molecule has 0 aliphatic heterocycles. The standard InChI is InChI=1S/C13H21NOS/c1-10-6-4-5-7-13(10)9-16(15)12(3)8-11(2)14/h4-7,11-12H,8-9,14H2,1-3H3. The minimum Gasteiger partial charge on any atom is -0.328 e. The molecule has 3 unspecified atom stereocenters. The maximum Gasteiger partial charge on any atom is 0.0490 e. The Kier molecular flexibility index (Phi) is 5.16. The third kappa shape index (κ3) is 4.06. The van der Waals surface area contributed by atoms with E-state index >= 15 is 0 Å². The van der Waals surface area contributed by atoms with E-state index in [4.69, 9.17) is 5.73 Å². The lowest BCUT2D eigenvalue weighted by Crippen LogP contribution is -2.24. The molecule has 0 aliphatic rings. The van der Waals surface area contributed by atoms with Crippen molar-refractivity contribution in [3.05, 3.63) is 35.4 Å². The number of hydrogen-bond acceptors (Lipinski definition) is 2. The van der Waals surface area contributed by atoms with E-state index in [1.54, 1.807) is 0 Å². The molecule has 0 radical (unpaired) electrons. The fraction of sp³-hybridized carbons (Fsp3) is 0.538. The van der Waals surface area contributed by atoms with Gasteiger partial charge >= 0.3 is 0 Å². The molecule has 1 rings (SSSR count). The van der Waals surface area contributed by atoms with Crippen molar-refractivity contribution in [1.82, 2.24) is 0 Å². The van der Waals surface area contributed by atoms with Crippen LogP contribution in [0.25, 0.3) is 0 Å². The van der Waals surface area contributed by atoms with Crippen LogP contribution in [0.15, 0.2) is 24.3 Å². The van der Waals surface area contributed by atoms with E-state index < -0.39 is 10.8 Å². The van der Waals surface area contributed by atoms with Crippen molar-refractivity contribution < 1.29 is 4.21 Å². The Morgan fingerprint density at radius 2 is 1.94 bits per heavy atom. The summed E-state index contributed by atoms with van der Waals surface area (Å²) < 4.78 is 12.1. The zero-order valence-electron chi connectivity index (χ0n) is 10.3. The van der Waals surface area contributed by atoms with Gasteiger partial charge in [-0.1, -0.05) is 31.2 Å². The first kappa shape index (κ1) is 13.4. The fourth-order valence-electron chi connectivity index (χ4n) is 1.70. The summed E-state index contributed by atoms with van der Waals surface area (Å²) in [6.45, 7) is 6.03. The minimum atomic E-state index is -0.827. The first-order valence-electron chi connectivity index (χ1n) is 5.68. The third-order valence-corrected chi connectivity index (χ3v) is 4.40. The number of nitrogens with two attached hydrogens (primary N) is 1. The van der Waals surface area contributed by atoms with Crippen LogP contribution < -0.4 is 5.73 Å². The molecule has 0 amide bonds. The summed E-state index contributed by atoms with van der Waals surface area (Å²) in [5.41, 5.74) is 8.11. The Balaban J connectivity index is 2.61. The first-order valence-corrected chi connectivity index (χ1v) is 7.06. The Morgan fingerprint density at radius 1 is 1.31 bits per heavy atom. The summed E-state index contributed by atoms with van der Waals surface area (Å²) in [5.74, 6) is 0.639. The largest absolute Gasteiger partial charge is 0.328 e. The van der Waals surface area contributed by atoms with Crippen molar-refractivity contribution in [2.24, 2.45) is 5.73 Å². The van der Waals surface area contributed by atoms with Crippen LogP contribution in [0.5, 0.6) is 0 Å². The van der Waals surface area contributed by atoms with E-state index in [0.29, 0.717) is 5.75 Å². The van der Waals surface area contributed by atoms with E-state index in [1.807, 2.05) is 32.0 Å². The summed E-state index contributed by atoms with van der Waals surface area (Å²) in [6.07, 6.45) is 0.818. The van der Waals surface area contributed by atoms with Crippen molar-refractivity contribution in [3.63, 3.8) is 0 Å². The monoisotopic (exact) mass is 239 g/mol. The molecule has 1 aromatic carbocycles. The molecular formula is C13H21NOS. The van der Waals surface area contributed by atoms with Crippen molar-refractivity contribution in [2.45, 2.75) is 44.2 Å². The molecule has 0 aromatic heterocycles. The van der Waals surface area contributed by atoms with Crippen LogP contribution in [-0.4, -0.2) is 15.5 Å². The Bertz CT molecular complexity index is 363. The zero-order chi connectivity index (χ0) is 12.1. The van der Waals surface area contributed by atoms with Gasteiger partial charge in [-0.2, -0.15) is 0 Å². The SMILES string of the molecule is Cc1ccccc1CS(=O)C(C)CC(C)N. The van der Waals surface area contributed by atoms with Gasteiger partial charge < -0.3 is 5.73 Å². The molecule has 2 N–H and O–H groups in total. The maximum atomic E-state index is 12.1. The quantitative estimate of drug-likeness (QED) is 0.857. The average molecular weight is 239 g/mol. The number of benzene rings is 1. The van der Waals surface area contributed by atoms with Gasteiger partial charge in [-0.05, 0) is 31.4 Å². The minimum absolute atomic E-state index is 0.121. The van der Waals surface area contributed by atoms with Crippen LogP contribution in [-0.2, 0) is 16.6 Å². The molecule has 90 valence electrons. The lowest BCUT2D eigenvalue weighted by atomic mass is 10.1. The summed E-state index contributed by atoms with van der Waals surface area (Å²) in [5, 5.41) is 0.166. The van der Waals surface area contributed by atoms with Crippen molar-refractivity contribution in [1.29, 1.82) is 0 Å². The topological polar surface area (TPSA) is 43.1 Å². The summed E-state index contributed by atoms with van der Waals surface area (Å²) in [7, 11) is -0.827. The second kappa shape index (κ2) is 6.16. The molecule has 0 bridgehead atoms. The Hall–Kier alpha value is -0.670. The van der Waals surface area contributed by atoms with Crippen LogP contribution in [0.1, 0.15) is 31.4 Å². The van der Waals surface area contributed by atoms with Crippen LogP contribution in [0.3, 0.4) is 0 Å². The van der Waals surface area contributed by atoms with Crippen LogP contribution in [0.4, 0.5) is 0 Å². The molecule has 3 heteroatoms. The maximum absolute atomic E-state index is 12.1. The van der Waals surface area contributed by atoms with Gasteiger partial charge in [0.05, 0.1) is 0 Å². The predicted octanol–water partition coefficient (Wildman–Crippen LogP) is 2.37. The molecule has 0 heterocycles. The van der Waals surface area contributed by atoms with E-state index in [1.165, 1.54) is 11.1 Å². The predicted molar refractivity (Wildman–Crippen MR) is 70.8 cm³/mol. The van der Waals surface area contributed by atoms with Gasteiger partial charge in [0.15, 0.2) is 0 Å². The van der Waals surface area contributed by atoms with Gasteiger partial charge in [-0.25, -0.2) is 0 Å². The zero-order valence-corrected chi connectivity index (χ0v) is 11.1. The molecule has 3 atom stereocenters. The molecule has 0 saturated heterocycles. The van der Waals surface area contributed by atoms with Crippen molar-refractivity contribution in [3.8, 4) is 0 Å². The molecular weight excluding hydrogens is 218 g/mol. The molecule has 2 nitrogen and oxygen atoms in total. The van der Waals surface area contributed by atoms with E-state index in [0.717, 1.165) is 6.42 Å². The van der Waals surface area contributed by atoms with Gasteiger partial charge in [-0.3, -0.25) is 4.21 Å². The van der Waals surface area contributed by atoms with Gasteiger partial charge in [0, 0.05) is 27.8 Å². The van der Waals surface area contributed by atoms with Gasteiger partial charge in [0.2, 0.25) is 0 Å². The van der Waals surface area contributed by atoms with Crippen LogP contribution in [0.2, 0.25) is 0 Å². The highest BCUT2D eigenvalue weighted by atomic mass is 32.2. The Morgan fingerprint density at radius 3 is 2.50 bits per heavy atom. The summed E-state index contributed by atoms with van der Waals surface area (Å²) >= 11 is 0. The van der Waals surface area contributed by atoms with E-state index in [-0.39, 0.29) is 11.3 Å². The van der Waals surface area contributed by atoms with Crippen molar-refractivity contribution >= 4 is 10.8 Å². The summed E-state index contributed by atoms with van der Waals surface area (Å²) in [6, 6.07) is 8.23. The number of rotatable bonds is 5. The van der Waals surface area contributed by atoms with Crippen molar-refractivity contribution in [2.75, 3.05) is 0 Å².